The number of hydrogen-bond donors (Lipinski definition) is 0. The summed E-state index contributed by atoms with van der Waals surface area (Å²) in [5.41, 5.74) is 0. The van der Waals surface area contributed by atoms with Crippen LogP contribution in [0, 0.1) is 5.92 Å². The highest BCUT2D eigenvalue weighted by atomic mass is 19.4. The van der Waals surface area contributed by atoms with Gasteiger partial charge in [0.25, 0.3) is 0 Å². The zero-order chi connectivity index (χ0) is 26.4. The average Bonchev–Trinajstić information content (AvgIpc) is 2.53. The number of hydrogen-bond acceptors (Lipinski definition) is 4. The molecule has 196 valence electrons. The Labute approximate surface area is 170 Å². The molecule has 0 aromatic carbocycles. The van der Waals surface area contributed by atoms with Gasteiger partial charge in [0.2, 0.25) is 0 Å². The van der Waals surface area contributed by atoms with Crippen LogP contribution in [-0.4, -0.2) is 61.2 Å². The molecule has 1 aliphatic carbocycles. The van der Waals surface area contributed by atoms with Crippen LogP contribution in [0.2, 0.25) is 0 Å². The van der Waals surface area contributed by atoms with Gasteiger partial charge in [-0.3, -0.25) is 4.79 Å². The van der Waals surface area contributed by atoms with E-state index in [9.17, 15) is 75.0 Å². The molecule has 1 fully saturated rings. The van der Waals surface area contributed by atoms with Crippen molar-refractivity contribution in [3.63, 3.8) is 0 Å². The second-order valence-corrected chi connectivity index (χ2v) is 6.41. The molecule has 0 amide bonds. The number of carbonyl (C=O) groups is 1. The second kappa shape index (κ2) is 8.90. The normalized spacial score (nSPS) is 26.4. The van der Waals surface area contributed by atoms with Gasteiger partial charge in [0.1, 0.15) is 6.10 Å². The molecule has 0 aliphatic heterocycles. The minimum Gasteiger partial charge on any atom is -0.307 e. The van der Waals surface area contributed by atoms with Crippen molar-refractivity contribution >= 4 is 6.04 Å². The molecule has 2 atom stereocenters. The van der Waals surface area contributed by atoms with Gasteiger partial charge in [0, 0.05) is 0 Å². The Balaban J connectivity index is 3.53. The molecule has 0 bridgehead atoms. The molecule has 1 aliphatic rings. The lowest BCUT2D eigenvalue weighted by molar-refractivity contribution is -0.456. The quantitative estimate of drug-likeness (QED) is 0.321. The molecule has 1 saturated carbocycles. The number of alkyl halides is 15. The van der Waals surface area contributed by atoms with E-state index in [1.165, 1.54) is 0 Å². The maximum absolute atomic E-state index is 13.2. The smallest absolute Gasteiger partial charge is 0.307 e. The van der Waals surface area contributed by atoms with Crippen LogP contribution in [0.4, 0.5) is 70.2 Å². The summed E-state index contributed by atoms with van der Waals surface area (Å²) in [6, 6.07) is -2.76. The molecule has 0 saturated heterocycles. The van der Waals surface area contributed by atoms with Gasteiger partial charge in [-0.05, 0) is 12.8 Å². The van der Waals surface area contributed by atoms with Gasteiger partial charge >= 0.3 is 42.9 Å². The van der Waals surface area contributed by atoms with E-state index in [2.05, 4.69) is 14.2 Å². The SMILES string of the molecule is O=C(F)C1CC(OC(F)(F)C(F)(F)F)C(OC(F)(F)C(F)(F)F)C(OC(F)(F)C(F)(F)F)C1. The van der Waals surface area contributed by atoms with E-state index in [0.717, 1.165) is 0 Å². The summed E-state index contributed by atoms with van der Waals surface area (Å²) < 4.78 is 212. The Hall–Kier alpha value is -1.57. The number of carbonyl (C=O) groups excluding carboxylic acids is 1. The minimum absolute atomic E-state index is 1.92. The zero-order valence-corrected chi connectivity index (χ0v) is 14.9. The highest BCUT2D eigenvalue weighted by Crippen LogP contribution is 2.47. The van der Waals surface area contributed by atoms with Crippen LogP contribution in [0.3, 0.4) is 0 Å². The van der Waals surface area contributed by atoms with Crippen LogP contribution in [-0.2, 0) is 19.0 Å². The van der Waals surface area contributed by atoms with Crippen LogP contribution in [0.1, 0.15) is 12.8 Å². The average molecular weight is 532 g/mol. The second-order valence-electron chi connectivity index (χ2n) is 6.41. The van der Waals surface area contributed by atoms with E-state index >= 15 is 0 Å². The molecule has 0 radical (unpaired) electrons. The molecule has 20 heteroatoms. The van der Waals surface area contributed by atoms with Gasteiger partial charge in [-0.1, -0.05) is 0 Å². The van der Waals surface area contributed by atoms with E-state index < -0.39 is 80.0 Å². The maximum atomic E-state index is 13.2. The molecule has 4 nitrogen and oxygen atoms in total. The predicted molar refractivity (Wildman–Crippen MR) is 66.5 cm³/mol. The largest absolute Gasteiger partial charge is 0.482 e. The van der Waals surface area contributed by atoms with Crippen molar-refractivity contribution in [1.82, 2.24) is 0 Å². The van der Waals surface area contributed by atoms with Crippen LogP contribution in [0.5, 0.6) is 0 Å². The Kier molecular flexibility index (Phi) is 7.94. The monoisotopic (exact) mass is 532 g/mol. The van der Waals surface area contributed by atoms with Crippen LogP contribution < -0.4 is 0 Å². The fraction of sp³-hybridized carbons (Fsp3) is 0.923. The Morgan fingerprint density at radius 3 is 1.06 bits per heavy atom. The molecule has 0 heterocycles. The lowest BCUT2D eigenvalue weighted by Crippen LogP contribution is -2.59. The van der Waals surface area contributed by atoms with E-state index in [0.29, 0.717) is 0 Å². The first kappa shape index (κ1) is 29.5. The highest BCUT2D eigenvalue weighted by Gasteiger charge is 2.67. The fourth-order valence-corrected chi connectivity index (χ4v) is 2.48. The first-order valence-corrected chi connectivity index (χ1v) is 7.89. The van der Waals surface area contributed by atoms with Gasteiger partial charge in [-0.2, -0.15) is 70.2 Å². The van der Waals surface area contributed by atoms with Crippen molar-refractivity contribution in [2.24, 2.45) is 5.92 Å². The van der Waals surface area contributed by atoms with Crippen LogP contribution in [0.15, 0.2) is 0 Å². The predicted octanol–water partition coefficient (Wildman–Crippen LogP) is 5.51. The van der Waals surface area contributed by atoms with Crippen molar-refractivity contribution in [3.8, 4) is 0 Å². The zero-order valence-electron chi connectivity index (χ0n) is 14.9. The van der Waals surface area contributed by atoms with Crippen LogP contribution >= 0.6 is 0 Å². The van der Waals surface area contributed by atoms with Crippen molar-refractivity contribution in [3.05, 3.63) is 0 Å². The summed E-state index contributed by atoms with van der Waals surface area (Å²) in [6.45, 7) is 0. The molecule has 0 N–H and O–H groups in total. The Morgan fingerprint density at radius 1 is 0.545 bits per heavy atom. The fourth-order valence-electron chi connectivity index (χ4n) is 2.48. The van der Waals surface area contributed by atoms with E-state index in [1.54, 1.807) is 0 Å². The molecule has 1 rings (SSSR count). The molecular formula is C13H8F16O4. The highest BCUT2D eigenvalue weighted by molar-refractivity contribution is 5.71. The first-order chi connectivity index (χ1) is 14.3. The molecule has 0 spiro atoms. The maximum Gasteiger partial charge on any atom is 0.482 e. The molecule has 33 heavy (non-hydrogen) atoms. The van der Waals surface area contributed by atoms with E-state index in [1.807, 2.05) is 0 Å². The molecule has 0 aromatic heterocycles. The number of rotatable bonds is 7. The van der Waals surface area contributed by atoms with E-state index in [-0.39, 0.29) is 0 Å². The van der Waals surface area contributed by atoms with Crippen molar-refractivity contribution in [2.75, 3.05) is 0 Å². The lowest BCUT2D eigenvalue weighted by Gasteiger charge is -2.43. The van der Waals surface area contributed by atoms with Gasteiger partial charge in [0.15, 0.2) is 0 Å². The number of halogens is 16. The molecule has 2 unspecified atom stereocenters. The van der Waals surface area contributed by atoms with Gasteiger partial charge in [-0.15, -0.1) is 0 Å². The summed E-state index contributed by atoms with van der Waals surface area (Å²) in [6.07, 6.45) is -54.7. The van der Waals surface area contributed by atoms with Gasteiger partial charge in [0.05, 0.1) is 18.1 Å². The summed E-state index contributed by atoms with van der Waals surface area (Å²) in [7, 11) is 0. The molecule has 0 aromatic rings. The number of ether oxygens (including phenoxy) is 3. The third-order valence-electron chi connectivity index (χ3n) is 3.96. The Bertz CT molecular complexity index is 658. The summed E-state index contributed by atoms with van der Waals surface area (Å²) in [5.74, 6) is -2.69. The third-order valence-corrected chi connectivity index (χ3v) is 3.96. The summed E-state index contributed by atoms with van der Waals surface area (Å²) in [4.78, 5) is 10.8. The van der Waals surface area contributed by atoms with Crippen molar-refractivity contribution in [1.29, 1.82) is 0 Å². The first-order valence-electron chi connectivity index (χ1n) is 7.89. The van der Waals surface area contributed by atoms with Gasteiger partial charge in [-0.25, -0.2) is 0 Å². The Morgan fingerprint density at radius 2 is 0.818 bits per heavy atom. The topological polar surface area (TPSA) is 44.8 Å². The third kappa shape index (κ3) is 6.74. The summed E-state index contributed by atoms with van der Waals surface area (Å²) >= 11 is 0. The summed E-state index contributed by atoms with van der Waals surface area (Å²) in [5, 5.41) is 0. The van der Waals surface area contributed by atoms with Crippen molar-refractivity contribution < 1.29 is 89.3 Å². The van der Waals surface area contributed by atoms with Crippen molar-refractivity contribution in [2.45, 2.75) is 68.0 Å². The standard InChI is InChI=1S/C13H8F16O4/c14-7(30)3-1-4(31-11(24,25)8(15,16)17)6(33-13(28,29)10(21,22)23)5(2-3)32-12(26,27)9(18,19)20/h3-6H,1-2H2. The van der Waals surface area contributed by atoms with E-state index in [4.69, 9.17) is 0 Å². The minimum atomic E-state index is -6.80. The van der Waals surface area contributed by atoms with Gasteiger partial charge < -0.3 is 14.2 Å². The lowest BCUT2D eigenvalue weighted by atomic mass is 9.83. The van der Waals surface area contributed by atoms with Crippen LogP contribution in [0.25, 0.3) is 0 Å². The molecular weight excluding hydrogens is 524 g/mol.